The molecule has 0 aromatic carbocycles. The smallest absolute Gasteiger partial charge is 0.0957 e. The van der Waals surface area contributed by atoms with Gasteiger partial charge in [-0.15, -0.1) is 0 Å². The van der Waals surface area contributed by atoms with Crippen molar-refractivity contribution in [2.75, 3.05) is 4.90 Å². The number of rotatable bonds is 6. The van der Waals surface area contributed by atoms with Crippen LogP contribution < -0.4 is 4.90 Å². The summed E-state index contributed by atoms with van der Waals surface area (Å²) in [5.74, 6) is 0. The molecule has 20 heavy (non-hydrogen) atoms. The monoisotopic (exact) mass is 288 g/mol. The Kier molecular flexibility index (Phi) is 4.03. The van der Waals surface area contributed by atoms with E-state index in [1.807, 2.05) is 19.2 Å². The van der Waals surface area contributed by atoms with E-state index in [0.29, 0.717) is 12.5 Å². The quantitative estimate of drug-likeness (QED) is 0.879. The van der Waals surface area contributed by atoms with Crippen molar-refractivity contribution in [3.8, 4) is 0 Å². The molecular formula is C16H20N2OS. The maximum absolute atomic E-state index is 9.81. The van der Waals surface area contributed by atoms with Gasteiger partial charge in [0.2, 0.25) is 0 Å². The Labute approximate surface area is 123 Å². The zero-order chi connectivity index (χ0) is 13.9. The molecule has 0 radical (unpaired) electrons. The van der Waals surface area contributed by atoms with E-state index >= 15 is 0 Å². The van der Waals surface area contributed by atoms with Crippen LogP contribution in [0.5, 0.6) is 0 Å². The predicted molar refractivity (Wildman–Crippen MR) is 83.0 cm³/mol. The van der Waals surface area contributed by atoms with Gasteiger partial charge >= 0.3 is 0 Å². The lowest BCUT2D eigenvalue weighted by Gasteiger charge is -2.24. The number of pyridine rings is 1. The Bertz CT molecular complexity index is 534. The standard InChI is InChI=1S/C16H20N2OS/c1-2-16(19)15-6-5-14(9-17-15)18(13-3-4-13)10-12-7-8-20-11-12/h5-9,11,13,16,19H,2-4,10H2,1H3. The first-order valence-electron chi connectivity index (χ1n) is 7.19. The lowest BCUT2D eigenvalue weighted by atomic mass is 10.2. The highest BCUT2D eigenvalue weighted by molar-refractivity contribution is 7.07. The molecule has 1 fully saturated rings. The second kappa shape index (κ2) is 5.94. The van der Waals surface area contributed by atoms with Crippen LogP contribution in [0.3, 0.4) is 0 Å². The number of anilines is 1. The first-order valence-corrected chi connectivity index (χ1v) is 8.14. The summed E-state index contributed by atoms with van der Waals surface area (Å²) in [6.45, 7) is 2.92. The molecule has 1 N–H and O–H groups in total. The molecule has 1 aliphatic carbocycles. The summed E-state index contributed by atoms with van der Waals surface area (Å²) in [6.07, 6.45) is 4.69. The molecule has 1 unspecified atom stereocenters. The summed E-state index contributed by atoms with van der Waals surface area (Å²) >= 11 is 1.74. The summed E-state index contributed by atoms with van der Waals surface area (Å²) < 4.78 is 0. The normalized spacial score (nSPS) is 16.1. The Hall–Kier alpha value is -1.39. The Morgan fingerprint density at radius 3 is 2.80 bits per heavy atom. The van der Waals surface area contributed by atoms with Gasteiger partial charge in [-0.1, -0.05) is 6.92 Å². The maximum Gasteiger partial charge on any atom is 0.0957 e. The number of hydrogen-bond acceptors (Lipinski definition) is 4. The highest BCUT2D eigenvalue weighted by Gasteiger charge is 2.29. The SMILES string of the molecule is CCC(O)c1ccc(N(Cc2ccsc2)C2CC2)cn1. The highest BCUT2D eigenvalue weighted by Crippen LogP contribution is 2.33. The molecule has 1 atom stereocenters. The molecule has 0 amide bonds. The minimum atomic E-state index is -0.449. The predicted octanol–water partition coefficient (Wildman–Crippen LogP) is 3.76. The molecule has 2 aromatic heterocycles. The lowest BCUT2D eigenvalue weighted by molar-refractivity contribution is 0.169. The van der Waals surface area contributed by atoms with Crippen LogP contribution in [0.2, 0.25) is 0 Å². The summed E-state index contributed by atoms with van der Waals surface area (Å²) in [4.78, 5) is 6.85. The minimum Gasteiger partial charge on any atom is -0.387 e. The van der Waals surface area contributed by atoms with Gasteiger partial charge in [-0.2, -0.15) is 11.3 Å². The fraction of sp³-hybridized carbons (Fsp3) is 0.438. The van der Waals surface area contributed by atoms with Crippen molar-refractivity contribution >= 4 is 17.0 Å². The van der Waals surface area contributed by atoms with Crippen LogP contribution in [0.25, 0.3) is 0 Å². The second-order valence-corrected chi connectivity index (χ2v) is 6.14. The van der Waals surface area contributed by atoms with Crippen molar-refractivity contribution in [3.63, 3.8) is 0 Å². The molecule has 2 heterocycles. The van der Waals surface area contributed by atoms with Crippen molar-refractivity contribution in [1.29, 1.82) is 0 Å². The molecule has 0 aliphatic heterocycles. The van der Waals surface area contributed by atoms with E-state index in [2.05, 4.69) is 32.8 Å². The lowest BCUT2D eigenvalue weighted by Crippen LogP contribution is -2.24. The molecule has 1 aliphatic rings. The average Bonchev–Trinajstić information content (AvgIpc) is 3.21. The van der Waals surface area contributed by atoms with Crippen LogP contribution in [0.15, 0.2) is 35.2 Å². The molecular weight excluding hydrogens is 268 g/mol. The molecule has 3 nitrogen and oxygen atoms in total. The van der Waals surface area contributed by atoms with E-state index in [-0.39, 0.29) is 0 Å². The van der Waals surface area contributed by atoms with Crippen LogP contribution >= 0.6 is 11.3 Å². The molecule has 1 saturated carbocycles. The fourth-order valence-corrected chi connectivity index (χ4v) is 3.03. The van der Waals surface area contributed by atoms with Crippen LogP contribution in [-0.2, 0) is 6.54 Å². The minimum absolute atomic E-state index is 0.449. The van der Waals surface area contributed by atoms with E-state index in [0.717, 1.165) is 17.9 Å². The molecule has 2 aromatic rings. The number of nitrogens with zero attached hydrogens (tertiary/aromatic N) is 2. The maximum atomic E-state index is 9.81. The van der Waals surface area contributed by atoms with Gasteiger partial charge < -0.3 is 10.0 Å². The van der Waals surface area contributed by atoms with Crippen LogP contribution in [-0.4, -0.2) is 16.1 Å². The van der Waals surface area contributed by atoms with Crippen molar-refractivity contribution in [1.82, 2.24) is 4.98 Å². The van der Waals surface area contributed by atoms with E-state index in [1.54, 1.807) is 11.3 Å². The van der Waals surface area contributed by atoms with Gasteiger partial charge in [0, 0.05) is 12.6 Å². The largest absolute Gasteiger partial charge is 0.387 e. The van der Waals surface area contributed by atoms with Gasteiger partial charge in [0.05, 0.1) is 23.7 Å². The summed E-state index contributed by atoms with van der Waals surface area (Å²) in [5.41, 5.74) is 3.29. The zero-order valence-corrected chi connectivity index (χ0v) is 12.5. The number of hydrogen-bond donors (Lipinski definition) is 1. The van der Waals surface area contributed by atoms with Gasteiger partial charge in [-0.3, -0.25) is 4.98 Å². The molecule has 0 bridgehead atoms. The Morgan fingerprint density at radius 1 is 1.40 bits per heavy atom. The van der Waals surface area contributed by atoms with Crippen molar-refractivity contribution in [2.24, 2.45) is 0 Å². The number of aliphatic hydroxyl groups excluding tert-OH is 1. The average molecular weight is 288 g/mol. The third-order valence-electron chi connectivity index (χ3n) is 3.75. The second-order valence-electron chi connectivity index (χ2n) is 5.36. The van der Waals surface area contributed by atoms with Crippen LogP contribution in [0.4, 0.5) is 5.69 Å². The molecule has 3 rings (SSSR count). The zero-order valence-electron chi connectivity index (χ0n) is 11.7. The molecule has 4 heteroatoms. The topological polar surface area (TPSA) is 36.4 Å². The van der Waals surface area contributed by atoms with Gasteiger partial charge in [0.15, 0.2) is 0 Å². The summed E-state index contributed by atoms with van der Waals surface area (Å²) in [6, 6.07) is 6.87. The van der Waals surface area contributed by atoms with Crippen LogP contribution in [0, 0.1) is 0 Å². The Balaban J connectivity index is 1.77. The molecule has 0 saturated heterocycles. The number of thiophene rings is 1. The van der Waals surface area contributed by atoms with Crippen LogP contribution in [0.1, 0.15) is 43.5 Å². The van der Waals surface area contributed by atoms with E-state index < -0.39 is 6.10 Å². The number of aliphatic hydroxyl groups is 1. The highest BCUT2D eigenvalue weighted by atomic mass is 32.1. The molecule has 106 valence electrons. The first kappa shape index (κ1) is 13.6. The van der Waals surface area contributed by atoms with Gasteiger partial charge in [0.25, 0.3) is 0 Å². The van der Waals surface area contributed by atoms with E-state index in [9.17, 15) is 5.11 Å². The summed E-state index contributed by atoms with van der Waals surface area (Å²) in [7, 11) is 0. The third-order valence-corrected chi connectivity index (χ3v) is 4.48. The first-order chi connectivity index (χ1) is 9.78. The number of aromatic nitrogens is 1. The van der Waals surface area contributed by atoms with E-state index in [1.165, 1.54) is 18.4 Å². The molecule has 0 spiro atoms. The summed E-state index contributed by atoms with van der Waals surface area (Å²) in [5, 5.41) is 14.1. The van der Waals surface area contributed by atoms with Gasteiger partial charge in [0.1, 0.15) is 0 Å². The van der Waals surface area contributed by atoms with E-state index in [4.69, 9.17) is 0 Å². The Morgan fingerprint density at radius 2 is 2.25 bits per heavy atom. The van der Waals surface area contributed by atoms with Gasteiger partial charge in [-0.05, 0) is 53.8 Å². The van der Waals surface area contributed by atoms with Crippen molar-refractivity contribution in [3.05, 3.63) is 46.4 Å². The third kappa shape index (κ3) is 3.02. The van der Waals surface area contributed by atoms with Gasteiger partial charge in [-0.25, -0.2) is 0 Å². The van der Waals surface area contributed by atoms with Crippen molar-refractivity contribution < 1.29 is 5.11 Å². The fourth-order valence-electron chi connectivity index (χ4n) is 2.37. The van der Waals surface area contributed by atoms with Crippen molar-refractivity contribution in [2.45, 2.75) is 44.9 Å².